The highest BCUT2D eigenvalue weighted by molar-refractivity contribution is 5.39. The highest BCUT2D eigenvalue weighted by Gasteiger charge is 2.19. The van der Waals surface area contributed by atoms with Gasteiger partial charge in [0.25, 0.3) is 0 Å². The Kier molecular flexibility index (Phi) is 4.53. The van der Waals surface area contributed by atoms with Gasteiger partial charge in [0.05, 0.1) is 13.2 Å². The van der Waals surface area contributed by atoms with Crippen molar-refractivity contribution >= 4 is 0 Å². The summed E-state index contributed by atoms with van der Waals surface area (Å²) in [6, 6.07) is 6.06. The quantitative estimate of drug-likeness (QED) is 0.928. The highest BCUT2D eigenvalue weighted by Crippen LogP contribution is 2.29. The van der Waals surface area contributed by atoms with Crippen molar-refractivity contribution in [3.63, 3.8) is 0 Å². The maximum absolute atomic E-state index is 14.0. The Hall–Kier alpha value is -2.01. The van der Waals surface area contributed by atoms with Crippen molar-refractivity contribution in [2.45, 2.75) is 13.0 Å². The number of hydrogen-bond donors (Lipinski definition) is 1. The molecule has 21 heavy (non-hydrogen) atoms. The van der Waals surface area contributed by atoms with Crippen LogP contribution in [0.1, 0.15) is 22.7 Å². The number of benzene rings is 2. The van der Waals surface area contributed by atoms with Crippen LogP contribution in [0, 0.1) is 24.4 Å². The minimum Gasteiger partial charge on any atom is -0.494 e. The van der Waals surface area contributed by atoms with Crippen molar-refractivity contribution in [1.82, 2.24) is 5.32 Å². The van der Waals surface area contributed by atoms with Gasteiger partial charge in [-0.3, -0.25) is 0 Å². The van der Waals surface area contributed by atoms with E-state index in [0.29, 0.717) is 16.7 Å². The SMILES string of the molecule is CNC(c1ccc(F)c(OC)c1)c1cc(C)c(F)cc1F. The monoisotopic (exact) mass is 295 g/mol. The summed E-state index contributed by atoms with van der Waals surface area (Å²) >= 11 is 0. The van der Waals surface area contributed by atoms with Gasteiger partial charge in [-0.15, -0.1) is 0 Å². The maximum atomic E-state index is 14.0. The van der Waals surface area contributed by atoms with Crippen LogP contribution in [0.3, 0.4) is 0 Å². The molecule has 1 unspecified atom stereocenters. The number of aryl methyl sites for hydroxylation is 1. The van der Waals surface area contributed by atoms with Crippen LogP contribution >= 0.6 is 0 Å². The third kappa shape index (κ3) is 3.03. The van der Waals surface area contributed by atoms with Gasteiger partial charge in [0.1, 0.15) is 11.6 Å². The Balaban J connectivity index is 2.52. The van der Waals surface area contributed by atoms with Gasteiger partial charge in [-0.1, -0.05) is 6.07 Å². The van der Waals surface area contributed by atoms with Crippen LogP contribution in [0.25, 0.3) is 0 Å². The van der Waals surface area contributed by atoms with Crippen LogP contribution in [0.15, 0.2) is 30.3 Å². The van der Waals surface area contributed by atoms with E-state index in [4.69, 9.17) is 4.74 Å². The second-order valence-corrected chi connectivity index (χ2v) is 4.74. The van der Waals surface area contributed by atoms with E-state index in [0.717, 1.165) is 6.07 Å². The second kappa shape index (κ2) is 6.18. The first-order valence-electron chi connectivity index (χ1n) is 6.44. The molecule has 5 heteroatoms. The van der Waals surface area contributed by atoms with Gasteiger partial charge < -0.3 is 10.1 Å². The molecule has 0 saturated heterocycles. The summed E-state index contributed by atoms with van der Waals surface area (Å²) < 4.78 is 45.8. The normalized spacial score (nSPS) is 12.3. The van der Waals surface area contributed by atoms with Crippen molar-refractivity contribution in [2.75, 3.05) is 14.2 Å². The number of hydrogen-bond acceptors (Lipinski definition) is 2. The molecule has 0 fully saturated rings. The van der Waals surface area contributed by atoms with E-state index in [9.17, 15) is 13.2 Å². The van der Waals surface area contributed by atoms with Crippen LogP contribution in [-0.2, 0) is 0 Å². The molecule has 0 amide bonds. The van der Waals surface area contributed by atoms with Crippen LogP contribution in [0.4, 0.5) is 13.2 Å². The summed E-state index contributed by atoms with van der Waals surface area (Å²) in [7, 11) is 3.01. The predicted molar refractivity (Wildman–Crippen MR) is 74.9 cm³/mol. The lowest BCUT2D eigenvalue weighted by molar-refractivity contribution is 0.385. The molecule has 0 aliphatic heterocycles. The third-order valence-electron chi connectivity index (χ3n) is 3.39. The van der Waals surface area contributed by atoms with E-state index in [1.807, 2.05) is 0 Å². The first-order valence-corrected chi connectivity index (χ1v) is 6.44. The van der Waals surface area contributed by atoms with Gasteiger partial charge >= 0.3 is 0 Å². The lowest BCUT2D eigenvalue weighted by Crippen LogP contribution is -2.19. The fourth-order valence-corrected chi connectivity index (χ4v) is 2.26. The smallest absolute Gasteiger partial charge is 0.165 e. The van der Waals surface area contributed by atoms with Gasteiger partial charge in [0, 0.05) is 11.6 Å². The Bertz CT molecular complexity index is 658. The molecule has 0 spiro atoms. The highest BCUT2D eigenvalue weighted by atomic mass is 19.1. The second-order valence-electron chi connectivity index (χ2n) is 4.74. The largest absolute Gasteiger partial charge is 0.494 e. The Morgan fingerprint density at radius 1 is 1.00 bits per heavy atom. The average molecular weight is 295 g/mol. The Labute approximate surface area is 121 Å². The predicted octanol–water partition coefficient (Wildman–Crippen LogP) is 3.73. The van der Waals surface area contributed by atoms with Crippen molar-refractivity contribution in [1.29, 1.82) is 0 Å². The molecule has 0 aromatic heterocycles. The zero-order valence-corrected chi connectivity index (χ0v) is 12.0. The third-order valence-corrected chi connectivity index (χ3v) is 3.39. The van der Waals surface area contributed by atoms with E-state index in [1.165, 1.54) is 31.4 Å². The van der Waals surface area contributed by atoms with Crippen molar-refractivity contribution in [2.24, 2.45) is 0 Å². The van der Waals surface area contributed by atoms with E-state index < -0.39 is 23.5 Å². The fraction of sp³-hybridized carbons (Fsp3) is 0.250. The number of ether oxygens (including phenoxy) is 1. The van der Waals surface area contributed by atoms with Gasteiger partial charge in [0.2, 0.25) is 0 Å². The molecular formula is C16H16F3NO. The van der Waals surface area contributed by atoms with Gasteiger partial charge in [-0.25, -0.2) is 13.2 Å². The number of methoxy groups -OCH3 is 1. The summed E-state index contributed by atoms with van der Waals surface area (Å²) in [5, 5.41) is 2.95. The summed E-state index contributed by atoms with van der Waals surface area (Å²) in [5.41, 5.74) is 1.27. The number of rotatable bonds is 4. The first kappa shape index (κ1) is 15.4. The number of nitrogens with one attached hydrogen (secondary N) is 1. The average Bonchev–Trinajstić information content (AvgIpc) is 2.46. The van der Waals surface area contributed by atoms with Crippen molar-refractivity contribution in [3.05, 3.63) is 64.5 Å². The molecular weight excluding hydrogens is 279 g/mol. The molecule has 1 atom stereocenters. The van der Waals surface area contributed by atoms with Crippen LogP contribution < -0.4 is 10.1 Å². The minimum atomic E-state index is -0.652. The molecule has 2 nitrogen and oxygen atoms in total. The molecule has 0 aliphatic carbocycles. The van der Waals surface area contributed by atoms with E-state index in [1.54, 1.807) is 14.0 Å². The molecule has 2 aromatic carbocycles. The topological polar surface area (TPSA) is 21.3 Å². The van der Waals surface area contributed by atoms with Crippen molar-refractivity contribution < 1.29 is 17.9 Å². The first-order chi connectivity index (χ1) is 9.97. The summed E-state index contributed by atoms with van der Waals surface area (Å²) in [5.74, 6) is -1.66. The molecule has 0 bridgehead atoms. The molecule has 2 aromatic rings. The van der Waals surface area contributed by atoms with Crippen LogP contribution in [0.2, 0.25) is 0 Å². The maximum Gasteiger partial charge on any atom is 0.165 e. The van der Waals surface area contributed by atoms with Crippen LogP contribution in [-0.4, -0.2) is 14.2 Å². The minimum absolute atomic E-state index is 0.0759. The lowest BCUT2D eigenvalue weighted by atomic mass is 9.96. The molecule has 112 valence electrons. The lowest BCUT2D eigenvalue weighted by Gasteiger charge is -2.19. The zero-order valence-electron chi connectivity index (χ0n) is 12.0. The molecule has 0 heterocycles. The zero-order chi connectivity index (χ0) is 15.6. The van der Waals surface area contributed by atoms with Gasteiger partial charge in [-0.2, -0.15) is 0 Å². The summed E-state index contributed by atoms with van der Waals surface area (Å²) in [6.45, 7) is 1.57. The van der Waals surface area contributed by atoms with E-state index >= 15 is 0 Å². The van der Waals surface area contributed by atoms with E-state index in [2.05, 4.69) is 5.32 Å². The van der Waals surface area contributed by atoms with Crippen LogP contribution in [0.5, 0.6) is 5.75 Å². The molecule has 0 saturated carbocycles. The van der Waals surface area contributed by atoms with Gasteiger partial charge in [0.15, 0.2) is 11.6 Å². The Morgan fingerprint density at radius 3 is 2.33 bits per heavy atom. The molecule has 2 rings (SSSR count). The number of halogens is 3. The van der Waals surface area contributed by atoms with Crippen molar-refractivity contribution in [3.8, 4) is 5.75 Å². The fourth-order valence-electron chi connectivity index (χ4n) is 2.26. The molecule has 0 aliphatic rings. The Morgan fingerprint density at radius 2 is 1.71 bits per heavy atom. The molecule has 0 radical (unpaired) electrons. The van der Waals surface area contributed by atoms with Gasteiger partial charge in [-0.05, 0) is 43.3 Å². The summed E-state index contributed by atoms with van der Waals surface area (Å²) in [4.78, 5) is 0. The molecule has 1 N–H and O–H groups in total. The van der Waals surface area contributed by atoms with E-state index in [-0.39, 0.29) is 5.75 Å². The standard InChI is InChI=1S/C16H16F3NO/c1-9-6-11(14(19)8-13(9)18)16(20-2)10-4-5-12(17)15(7-10)21-3/h4-8,16,20H,1-3H3. The summed E-state index contributed by atoms with van der Waals surface area (Å²) in [6.07, 6.45) is 0.